The molecule has 0 atom stereocenters. The van der Waals surface area contributed by atoms with Crippen LogP contribution >= 0.6 is 11.3 Å². The van der Waals surface area contributed by atoms with Gasteiger partial charge in [-0.3, -0.25) is 19.5 Å². The molecule has 0 bridgehead atoms. The number of fused-ring (bicyclic) bond motifs is 1. The lowest BCUT2D eigenvalue weighted by Crippen LogP contribution is -2.15. The van der Waals surface area contributed by atoms with E-state index in [1.54, 1.807) is 43.7 Å². The van der Waals surface area contributed by atoms with Crippen LogP contribution in [0.1, 0.15) is 26.7 Å². The topological polar surface area (TPSA) is 86.1 Å². The van der Waals surface area contributed by atoms with Crippen LogP contribution in [0.2, 0.25) is 0 Å². The average Bonchev–Trinajstić information content (AvgIpc) is 3.31. The molecule has 0 aliphatic rings. The molecule has 0 fully saturated rings. The fraction of sp³-hybridized carbons (Fsp3) is 0.100. The van der Waals surface area contributed by atoms with E-state index in [4.69, 9.17) is 4.74 Å². The molecule has 0 spiro atoms. The second-order valence-electron chi connectivity index (χ2n) is 6.01. The minimum absolute atomic E-state index is 0.251. The Labute approximate surface area is 164 Å². The molecule has 0 unspecified atom stereocenters. The standard InChI is InChI=1S/C20H16N4O3S/c1-12-21-15-5-3-4-6-17(15)24(12)19(26)16-11-28-20(22-16)23-18(25)13-7-9-14(27-2)10-8-13/h3-11H,1-2H3,(H,22,23,25). The summed E-state index contributed by atoms with van der Waals surface area (Å²) in [7, 11) is 1.56. The Morgan fingerprint density at radius 2 is 1.82 bits per heavy atom. The van der Waals surface area contributed by atoms with Crippen LogP contribution in [0.3, 0.4) is 0 Å². The van der Waals surface area contributed by atoms with Gasteiger partial charge in [-0.25, -0.2) is 9.97 Å². The Morgan fingerprint density at radius 1 is 1.07 bits per heavy atom. The molecule has 0 aliphatic carbocycles. The Hall–Kier alpha value is -3.52. The van der Waals surface area contributed by atoms with Gasteiger partial charge in [0.15, 0.2) is 5.13 Å². The fourth-order valence-electron chi connectivity index (χ4n) is 2.86. The predicted octanol–water partition coefficient (Wildman–Crippen LogP) is 3.75. The molecule has 0 radical (unpaired) electrons. The number of nitrogens with one attached hydrogen (secondary N) is 1. The molecular formula is C20H16N4O3S. The minimum atomic E-state index is -0.305. The van der Waals surface area contributed by atoms with Crippen molar-refractivity contribution >= 4 is 39.3 Å². The summed E-state index contributed by atoms with van der Waals surface area (Å²) in [5, 5.41) is 4.70. The largest absolute Gasteiger partial charge is 0.497 e. The van der Waals surface area contributed by atoms with E-state index >= 15 is 0 Å². The van der Waals surface area contributed by atoms with E-state index in [9.17, 15) is 9.59 Å². The number of aromatic nitrogens is 3. The molecule has 0 saturated carbocycles. The summed E-state index contributed by atoms with van der Waals surface area (Å²) in [6.45, 7) is 1.77. The van der Waals surface area contributed by atoms with E-state index in [0.29, 0.717) is 22.3 Å². The van der Waals surface area contributed by atoms with Crippen molar-refractivity contribution in [1.29, 1.82) is 0 Å². The lowest BCUT2D eigenvalue weighted by atomic mass is 10.2. The molecule has 28 heavy (non-hydrogen) atoms. The summed E-state index contributed by atoms with van der Waals surface area (Å²) >= 11 is 1.19. The van der Waals surface area contributed by atoms with Gasteiger partial charge in [0.1, 0.15) is 17.3 Å². The molecule has 2 heterocycles. The zero-order valence-electron chi connectivity index (χ0n) is 15.2. The highest BCUT2D eigenvalue weighted by Crippen LogP contribution is 2.21. The first-order valence-electron chi connectivity index (χ1n) is 8.46. The number of amides is 1. The molecule has 8 heteroatoms. The lowest BCUT2D eigenvalue weighted by Gasteiger charge is -2.04. The average molecular weight is 392 g/mol. The van der Waals surface area contributed by atoms with Crippen LogP contribution < -0.4 is 10.1 Å². The van der Waals surface area contributed by atoms with Crippen LogP contribution in [0.15, 0.2) is 53.9 Å². The van der Waals surface area contributed by atoms with Crippen molar-refractivity contribution in [1.82, 2.24) is 14.5 Å². The fourth-order valence-corrected chi connectivity index (χ4v) is 3.54. The number of thiazole rings is 1. The smallest absolute Gasteiger partial charge is 0.283 e. The SMILES string of the molecule is COc1ccc(C(=O)Nc2nc(C(=O)n3c(C)nc4ccccc43)cs2)cc1. The molecule has 7 nitrogen and oxygen atoms in total. The molecule has 4 aromatic rings. The highest BCUT2D eigenvalue weighted by atomic mass is 32.1. The van der Waals surface area contributed by atoms with Gasteiger partial charge in [-0.1, -0.05) is 12.1 Å². The first-order valence-corrected chi connectivity index (χ1v) is 9.34. The maximum atomic E-state index is 12.9. The molecule has 4 rings (SSSR count). The van der Waals surface area contributed by atoms with Crippen LogP contribution in [-0.4, -0.2) is 33.5 Å². The first-order chi connectivity index (χ1) is 13.6. The number of rotatable bonds is 4. The number of methoxy groups -OCH3 is 1. The second kappa shape index (κ2) is 7.24. The highest BCUT2D eigenvalue weighted by molar-refractivity contribution is 7.14. The Morgan fingerprint density at radius 3 is 2.57 bits per heavy atom. The number of carbonyl (C=O) groups is 2. The van der Waals surface area contributed by atoms with Gasteiger partial charge in [-0.05, 0) is 43.3 Å². The van der Waals surface area contributed by atoms with Crippen molar-refractivity contribution in [3.63, 3.8) is 0 Å². The van der Waals surface area contributed by atoms with Crippen LogP contribution in [-0.2, 0) is 0 Å². The summed E-state index contributed by atoms with van der Waals surface area (Å²) in [6, 6.07) is 14.2. The van der Waals surface area contributed by atoms with Crippen LogP contribution in [0.4, 0.5) is 5.13 Å². The normalized spacial score (nSPS) is 10.8. The number of nitrogens with zero attached hydrogens (tertiary/aromatic N) is 3. The van der Waals surface area contributed by atoms with Crippen molar-refractivity contribution in [2.75, 3.05) is 12.4 Å². The Kier molecular flexibility index (Phi) is 4.62. The number of imidazole rings is 1. The van der Waals surface area contributed by atoms with Crippen LogP contribution in [0.5, 0.6) is 5.75 Å². The Bertz CT molecular complexity index is 1180. The van der Waals surface area contributed by atoms with Crippen molar-refractivity contribution < 1.29 is 14.3 Å². The van der Waals surface area contributed by atoms with E-state index in [1.165, 1.54) is 15.9 Å². The van der Waals surface area contributed by atoms with Gasteiger partial charge in [0.25, 0.3) is 11.8 Å². The number of hydrogen-bond donors (Lipinski definition) is 1. The molecule has 140 valence electrons. The van der Waals surface area contributed by atoms with Gasteiger partial charge in [0.05, 0.1) is 18.1 Å². The summed E-state index contributed by atoms with van der Waals surface area (Å²) in [4.78, 5) is 34.0. The summed E-state index contributed by atoms with van der Waals surface area (Å²) in [6.07, 6.45) is 0. The lowest BCUT2D eigenvalue weighted by molar-refractivity contribution is 0.0956. The van der Waals surface area contributed by atoms with E-state index in [1.807, 2.05) is 24.3 Å². The number of carbonyl (C=O) groups excluding carboxylic acids is 2. The zero-order valence-corrected chi connectivity index (χ0v) is 16.0. The number of hydrogen-bond acceptors (Lipinski definition) is 6. The zero-order chi connectivity index (χ0) is 19.7. The van der Waals surface area contributed by atoms with Gasteiger partial charge in [0, 0.05) is 10.9 Å². The van der Waals surface area contributed by atoms with Crippen molar-refractivity contribution in [3.8, 4) is 5.75 Å². The predicted molar refractivity (Wildman–Crippen MR) is 107 cm³/mol. The summed E-state index contributed by atoms with van der Waals surface area (Å²) < 4.78 is 6.61. The molecule has 2 aromatic heterocycles. The van der Waals surface area contributed by atoms with Gasteiger partial charge in [0.2, 0.25) is 0 Å². The summed E-state index contributed by atoms with van der Waals surface area (Å²) in [5.41, 5.74) is 2.19. The van der Waals surface area contributed by atoms with Crippen molar-refractivity contribution in [2.45, 2.75) is 6.92 Å². The number of aryl methyl sites for hydroxylation is 1. The van der Waals surface area contributed by atoms with Gasteiger partial charge in [-0.15, -0.1) is 11.3 Å². The maximum Gasteiger partial charge on any atom is 0.283 e. The number of benzene rings is 2. The van der Waals surface area contributed by atoms with Crippen molar-refractivity contribution in [3.05, 3.63) is 71.0 Å². The van der Waals surface area contributed by atoms with Crippen molar-refractivity contribution in [2.24, 2.45) is 0 Å². The van der Waals surface area contributed by atoms with Gasteiger partial charge in [-0.2, -0.15) is 0 Å². The highest BCUT2D eigenvalue weighted by Gasteiger charge is 2.19. The van der Waals surface area contributed by atoms with E-state index < -0.39 is 0 Å². The molecule has 0 aliphatic heterocycles. The second-order valence-corrected chi connectivity index (χ2v) is 6.87. The third-order valence-electron chi connectivity index (χ3n) is 4.23. The quantitative estimate of drug-likeness (QED) is 0.572. The number of anilines is 1. The monoisotopic (exact) mass is 392 g/mol. The third kappa shape index (κ3) is 3.25. The molecule has 2 aromatic carbocycles. The number of ether oxygens (including phenoxy) is 1. The molecule has 1 N–H and O–H groups in total. The van der Waals surface area contributed by atoms with Crippen LogP contribution in [0.25, 0.3) is 11.0 Å². The molecular weight excluding hydrogens is 376 g/mol. The third-order valence-corrected chi connectivity index (χ3v) is 4.99. The van der Waals surface area contributed by atoms with E-state index in [-0.39, 0.29) is 17.5 Å². The number of para-hydroxylation sites is 2. The van der Waals surface area contributed by atoms with E-state index in [2.05, 4.69) is 15.3 Å². The minimum Gasteiger partial charge on any atom is -0.497 e. The summed E-state index contributed by atoms with van der Waals surface area (Å²) in [5.74, 6) is 0.664. The molecule has 0 saturated heterocycles. The van der Waals surface area contributed by atoms with E-state index in [0.717, 1.165) is 11.0 Å². The maximum absolute atomic E-state index is 12.9. The molecule has 1 amide bonds. The van der Waals surface area contributed by atoms with Gasteiger partial charge >= 0.3 is 0 Å². The van der Waals surface area contributed by atoms with Gasteiger partial charge < -0.3 is 4.74 Å². The first kappa shape index (κ1) is 17.9. The van der Waals surface area contributed by atoms with Crippen LogP contribution in [0, 0.1) is 6.92 Å². The Balaban J connectivity index is 1.56.